The van der Waals surface area contributed by atoms with Crippen LogP contribution in [0.3, 0.4) is 0 Å². The third kappa shape index (κ3) is 6.37. The van der Waals surface area contributed by atoms with Crippen molar-refractivity contribution in [1.82, 2.24) is 0 Å². The largest absolute Gasteiger partial charge is 0.394 e. The molecule has 6 heteroatoms. The first kappa shape index (κ1) is 15.8. The molecule has 98 valence electrons. The van der Waals surface area contributed by atoms with Gasteiger partial charge in [-0.3, -0.25) is 0 Å². The number of rotatable bonds is 11. The van der Waals surface area contributed by atoms with Crippen molar-refractivity contribution in [2.45, 2.75) is 0 Å². The van der Waals surface area contributed by atoms with Gasteiger partial charge in [-0.2, -0.15) is 0 Å². The normalized spacial score (nSPS) is 12.0. The number of nitrogens with zero attached hydrogens (tertiary/aromatic N) is 1. The Morgan fingerprint density at radius 3 is 1.50 bits per heavy atom. The molecule has 0 rings (SSSR count). The minimum absolute atomic E-state index is 0.0139. The Morgan fingerprint density at radius 2 is 1.12 bits per heavy atom. The van der Waals surface area contributed by atoms with Gasteiger partial charge in [0.25, 0.3) is 0 Å². The van der Waals surface area contributed by atoms with Crippen LogP contribution in [0.5, 0.6) is 0 Å². The third-order valence-corrected chi connectivity index (χ3v) is 2.67. The first-order valence-corrected chi connectivity index (χ1v) is 5.61. The second-order valence-corrected chi connectivity index (χ2v) is 3.74. The molecule has 0 spiro atoms. The Hall–Kier alpha value is -0.240. The van der Waals surface area contributed by atoms with Gasteiger partial charge in [-0.25, -0.2) is 0 Å². The van der Waals surface area contributed by atoms with E-state index in [0.717, 1.165) is 0 Å². The second kappa shape index (κ2) is 9.95. The highest BCUT2D eigenvalue weighted by molar-refractivity contribution is 4.45. The lowest BCUT2D eigenvalue weighted by molar-refractivity contribution is -0.929. The van der Waals surface area contributed by atoms with Gasteiger partial charge in [0.1, 0.15) is 26.2 Å². The maximum atomic E-state index is 9.00. The van der Waals surface area contributed by atoms with Gasteiger partial charge < -0.3 is 29.6 Å². The van der Waals surface area contributed by atoms with Gasteiger partial charge >= 0.3 is 0 Å². The van der Waals surface area contributed by atoms with Crippen LogP contribution in [0.2, 0.25) is 0 Å². The lowest BCUT2D eigenvalue weighted by atomic mass is 10.3. The Balaban J connectivity index is 4.12. The second-order valence-electron chi connectivity index (χ2n) is 3.74. The summed E-state index contributed by atoms with van der Waals surface area (Å²) < 4.78 is 5.61. The van der Waals surface area contributed by atoms with Gasteiger partial charge in [0.15, 0.2) is 0 Å². The van der Waals surface area contributed by atoms with Crippen LogP contribution in [0.15, 0.2) is 0 Å². The molecule has 0 aromatic heterocycles. The van der Waals surface area contributed by atoms with Gasteiger partial charge in [0.2, 0.25) is 0 Å². The molecule has 4 N–H and O–H groups in total. The molecule has 0 aromatic rings. The molecule has 0 heterocycles. The predicted octanol–water partition coefficient (Wildman–Crippen LogP) is -2.21. The van der Waals surface area contributed by atoms with Crippen LogP contribution >= 0.6 is 0 Å². The minimum Gasteiger partial charge on any atom is -0.394 e. The summed E-state index contributed by atoms with van der Waals surface area (Å²) >= 11 is 0. The van der Waals surface area contributed by atoms with Crippen LogP contribution in [0.4, 0.5) is 0 Å². The smallest absolute Gasteiger partial charge is 0.103 e. The SMILES string of the molecule is OCCOCC[N+](CCO)(CCO)CCO. The zero-order valence-corrected chi connectivity index (χ0v) is 9.72. The molecule has 0 saturated heterocycles. The summed E-state index contributed by atoms with van der Waals surface area (Å²) in [6, 6.07) is 0. The monoisotopic (exact) mass is 238 g/mol. The minimum atomic E-state index is -0.0139. The van der Waals surface area contributed by atoms with Crippen LogP contribution in [0.25, 0.3) is 0 Å². The molecule has 0 saturated carbocycles. The Morgan fingerprint density at radius 1 is 0.625 bits per heavy atom. The average Bonchev–Trinajstić information content (AvgIpc) is 2.26. The number of ether oxygens (including phenoxy) is 1. The molecule has 0 atom stereocenters. The van der Waals surface area contributed by atoms with Crippen LogP contribution in [0.1, 0.15) is 0 Å². The van der Waals surface area contributed by atoms with Crippen molar-refractivity contribution in [3.05, 3.63) is 0 Å². The van der Waals surface area contributed by atoms with Gasteiger partial charge in [0.05, 0.1) is 39.6 Å². The molecule has 0 aliphatic rings. The van der Waals surface area contributed by atoms with Crippen LogP contribution in [-0.4, -0.2) is 90.7 Å². The van der Waals surface area contributed by atoms with E-state index in [0.29, 0.717) is 37.3 Å². The van der Waals surface area contributed by atoms with E-state index >= 15 is 0 Å². The lowest BCUT2D eigenvalue weighted by Crippen LogP contribution is -2.55. The summed E-state index contributed by atoms with van der Waals surface area (Å²) in [4.78, 5) is 0. The third-order valence-electron chi connectivity index (χ3n) is 2.67. The summed E-state index contributed by atoms with van der Waals surface area (Å²) in [6.07, 6.45) is 0. The Labute approximate surface area is 96.3 Å². The number of hydrogen-bond acceptors (Lipinski definition) is 5. The van der Waals surface area contributed by atoms with Crippen molar-refractivity contribution >= 4 is 0 Å². The Kier molecular flexibility index (Phi) is 9.80. The summed E-state index contributed by atoms with van der Waals surface area (Å²) in [5.41, 5.74) is 0. The van der Waals surface area contributed by atoms with Crippen molar-refractivity contribution in [2.24, 2.45) is 0 Å². The molecule has 16 heavy (non-hydrogen) atoms. The van der Waals surface area contributed by atoms with Crippen molar-refractivity contribution < 1.29 is 29.6 Å². The van der Waals surface area contributed by atoms with Crippen molar-refractivity contribution in [1.29, 1.82) is 0 Å². The first-order chi connectivity index (χ1) is 7.74. The number of hydrogen-bond donors (Lipinski definition) is 4. The molecule has 0 radical (unpaired) electrons. The van der Waals surface area contributed by atoms with Crippen molar-refractivity contribution in [3.63, 3.8) is 0 Å². The predicted molar refractivity (Wildman–Crippen MR) is 58.9 cm³/mol. The quantitative estimate of drug-likeness (QED) is 0.242. The molecule has 0 aliphatic heterocycles. The highest BCUT2D eigenvalue weighted by Crippen LogP contribution is 2.05. The number of quaternary nitrogens is 1. The van der Waals surface area contributed by atoms with E-state index in [9.17, 15) is 0 Å². The molecular formula is C10H24NO5+. The Bertz CT molecular complexity index is 139. The van der Waals surface area contributed by atoms with E-state index in [1.807, 2.05) is 0 Å². The lowest BCUT2D eigenvalue weighted by Gasteiger charge is -2.37. The molecule has 0 aromatic carbocycles. The van der Waals surface area contributed by atoms with Crippen LogP contribution in [0, 0.1) is 0 Å². The molecule has 0 aliphatic carbocycles. The van der Waals surface area contributed by atoms with Crippen molar-refractivity contribution in [3.8, 4) is 0 Å². The molecule has 0 amide bonds. The molecular weight excluding hydrogens is 214 g/mol. The highest BCUT2D eigenvalue weighted by atomic mass is 16.5. The maximum absolute atomic E-state index is 9.00. The summed E-state index contributed by atoms with van der Waals surface area (Å²) in [5, 5.41) is 35.6. The van der Waals surface area contributed by atoms with E-state index in [1.165, 1.54) is 0 Å². The van der Waals surface area contributed by atoms with Crippen molar-refractivity contribution in [2.75, 3.05) is 65.8 Å². The zero-order chi connectivity index (χ0) is 12.3. The van der Waals surface area contributed by atoms with E-state index in [1.54, 1.807) is 0 Å². The molecule has 0 fully saturated rings. The fourth-order valence-electron chi connectivity index (χ4n) is 1.73. The first-order valence-electron chi connectivity index (χ1n) is 5.61. The van der Waals surface area contributed by atoms with Gasteiger partial charge in [-0.05, 0) is 0 Å². The van der Waals surface area contributed by atoms with E-state index < -0.39 is 0 Å². The number of aliphatic hydroxyl groups excluding tert-OH is 4. The number of aliphatic hydroxyl groups is 4. The van der Waals surface area contributed by atoms with Gasteiger partial charge in [-0.15, -0.1) is 0 Å². The summed E-state index contributed by atoms with van der Waals surface area (Å²) in [7, 11) is 0. The average molecular weight is 238 g/mol. The van der Waals surface area contributed by atoms with Crippen LogP contribution < -0.4 is 0 Å². The van der Waals surface area contributed by atoms with E-state index in [4.69, 9.17) is 25.2 Å². The standard InChI is InChI=1S/C10H24NO5/c12-5-1-11(2-6-13,3-7-14)4-9-16-10-8-15/h12-15H,1-10H2/q+1. The fraction of sp³-hybridized carbons (Fsp3) is 1.00. The summed E-state index contributed by atoms with van der Waals surface area (Å²) in [6.45, 7) is 2.84. The fourth-order valence-corrected chi connectivity index (χ4v) is 1.73. The zero-order valence-electron chi connectivity index (χ0n) is 9.72. The highest BCUT2D eigenvalue weighted by Gasteiger charge is 2.25. The van der Waals surface area contributed by atoms with Gasteiger partial charge in [0, 0.05) is 0 Å². The molecule has 6 nitrogen and oxygen atoms in total. The molecule has 0 unspecified atom stereocenters. The van der Waals surface area contributed by atoms with E-state index in [-0.39, 0.29) is 33.0 Å². The summed E-state index contributed by atoms with van der Waals surface area (Å²) in [5.74, 6) is 0. The van der Waals surface area contributed by atoms with E-state index in [2.05, 4.69) is 0 Å². The van der Waals surface area contributed by atoms with Gasteiger partial charge in [-0.1, -0.05) is 0 Å². The van der Waals surface area contributed by atoms with Crippen LogP contribution in [-0.2, 0) is 4.74 Å². The molecule has 0 bridgehead atoms. The topological polar surface area (TPSA) is 90.2 Å². The maximum Gasteiger partial charge on any atom is 0.103 e.